The van der Waals surface area contributed by atoms with Gasteiger partial charge in [0, 0.05) is 58.0 Å². The molecule has 0 aliphatic carbocycles. The molecule has 0 radical (unpaired) electrons. The Kier molecular flexibility index (Phi) is 9.06. The number of unbranched alkanes of at least 4 members (excludes halogenated alkanes) is 1. The molecule has 0 saturated carbocycles. The first-order valence-electron chi connectivity index (χ1n) is 12.4. The maximum absolute atomic E-state index is 12.3. The first-order chi connectivity index (χ1) is 16.5. The highest BCUT2D eigenvalue weighted by Crippen LogP contribution is 2.27. The minimum atomic E-state index is -0.110. The molecule has 2 saturated heterocycles. The molecule has 0 spiro atoms. The molecule has 3 heterocycles. The Hall–Kier alpha value is -1.86. The minimum absolute atomic E-state index is 0. The number of likely N-dealkylation sites (tertiary alicyclic amines) is 1. The number of carbonyl (C=O) groups is 1. The van der Waals surface area contributed by atoms with Crippen LogP contribution in [0.25, 0.3) is 0 Å². The van der Waals surface area contributed by atoms with Gasteiger partial charge in [0.1, 0.15) is 5.82 Å². The maximum Gasteiger partial charge on any atom is 0.252 e. The van der Waals surface area contributed by atoms with Crippen molar-refractivity contribution in [3.05, 3.63) is 57.7 Å². The van der Waals surface area contributed by atoms with Crippen molar-refractivity contribution in [3.8, 4) is 0 Å². The van der Waals surface area contributed by atoms with Crippen LogP contribution >= 0.6 is 23.2 Å². The maximum atomic E-state index is 12.3. The number of hydrogen-bond acceptors (Lipinski definition) is 5. The summed E-state index contributed by atoms with van der Waals surface area (Å²) < 4.78 is 0. The van der Waals surface area contributed by atoms with Crippen molar-refractivity contribution >= 4 is 34.9 Å². The van der Waals surface area contributed by atoms with Crippen LogP contribution in [-0.4, -0.2) is 72.5 Å². The Balaban J connectivity index is 0.00000342. The van der Waals surface area contributed by atoms with Gasteiger partial charge in [0.05, 0.1) is 10.6 Å². The summed E-state index contributed by atoms with van der Waals surface area (Å²) in [7, 11) is 0. The lowest BCUT2D eigenvalue weighted by molar-refractivity contribution is 0.0952. The van der Waals surface area contributed by atoms with Gasteiger partial charge in [0.2, 0.25) is 0 Å². The molecule has 8 heteroatoms. The molecule has 0 atom stereocenters. The summed E-state index contributed by atoms with van der Waals surface area (Å²) in [5, 5.41) is 4.26. The molecule has 1 aromatic carbocycles. The largest absolute Gasteiger partial charge is 0.353 e. The van der Waals surface area contributed by atoms with Crippen LogP contribution in [-0.2, 0) is 6.54 Å². The summed E-state index contributed by atoms with van der Waals surface area (Å²) in [4.78, 5) is 24.2. The van der Waals surface area contributed by atoms with E-state index in [2.05, 4.69) is 44.1 Å². The van der Waals surface area contributed by atoms with Crippen molar-refractivity contribution < 1.29 is 6.22 Å². The van der Waals surface area contributed by atoms with Crippen LogP contribution in [0.3, 0.4) is 0 Å². The SMILES string of the molecule is CCCCNC(=O)c1cnc(N2CCN(C3CCN(Cc4ccc(Cl)cc4)CC3)CC2)c(Cl)c1.[HH]. The fourth-order valence-corrected chi connectivity index (χ4v) is 5.27. The fourth-order valence-electron chi connectivity index (χ4n) is 4.86. The molecule has 6 nitrogen and oxygen atoms in total. The number of benzene rings is 1. The van der Waals surface area contributed by atoms with Gasteiger partial charge in [0.15, 0.2) is 0 Å². The molecule has 0 unspecified atom stereocenters. The predicted octanol–water partition coefficient (Wildman–Crippen LogP) is 4.95. The van der Waals surface area contributed by atoms with E-state index in [-0.39, 0.29) is 7.33 Å². The third-order valence-corrected chi connectivity index (χ3v) is 7.44. The van der Waals surface area contributed by atoms with Crippen molar-refractivity contribution in [2.45, 2.75) is 45.2 Å². The summed E-state index contributed by atoms with van der Waals surface area (Å²) in [6, 6.07) is 10.6. The number of halogens is 2. The first-order valence-corrected chi connectivity index (χ1v) is 13.2. The van der Waals surface area contributed by atoms with Crippen LogP contribution in [0.2, 0.25) is 10.0 Å². The van der Waals surface area contributed by atoms with Gasteiger partial charge in [-0.05, 0) is 56.1 Å². The standard InChI is InChI=1S/C26H35Cl2N5O.H2/c1-2-3-10-29-26(34)21-17-24(28)25(30-18-21)33-15-13-32(14-16-33)23-8-11-31(12-9-23)19-20-4-6-22(27)7-5-20;/h4-7,17-18,23H,2-3,8-16,19H2,1H3,(H,29,34);1H. The highest BCUT2D eigenvalue weighted by Gasteiger charge is 2.28. The molecule has 34 heavy (non-hydrogen) atoms. The molecule has 1 amide bonds. The third-order valence-electron chi connectivity index (χ3n) is 6.91. The van der Waals surface area contributed by atoms with Crippen LogP contribution < -0.4 is 10.2 Å². The van der Waals surface area contributed by atoms with E-state index >= 15 is 0 Å². The van der Waals surface area contributed by atoms with E-state index in [0.717, 1.165) is 69.5 Å². The van der Waals surface area contributed by atoms with Crippen molar-refractivity contribution in [1.82, 2.24) is 20.1 Å². The van der Waals surface area contributed by atoms with Gasteiger partial charge in [-0.15, -0.1) is 0 Å². The van der Waals surface area contributed by atoms with Gasteiger partial charge in [-0.1, -0.05) is 48.7 Å². The quantitative estimate of drug-likeness (QED) is 0.514. The van der Waals surface area contributed by atoms with Gasteiger partial charge in [0.25, 0.3) is 5.91 Å². The van der Waals surface area contributed by atoms with Crippen LogP contribution in [0.15, 0.2) is 36.5 Å². The van der Waals surface area contributed by atoms with Gasteiger partial charge in [-0.25, -0.2) is 4.98 Å². The molecule has 1 aromatic heterocycles. The summed E-state index contributed by atoms with van der Waals surface area (Å²) >= 11 is 12.5. The number of aromatic nitrogens is 1. The first kappa shape index (κ1) is 25.2. The van der Waals surface area contributed by atoms with Crippen LogP contribution in [0.5, 0.6) is 0 Å². The summed E-state index contributed by atoms with van der Waals surface area (Å²) in [5.41, 5.74) is 1.85. The highest BCUT2D eigenvalue weighted by atomic mass is 35.5. The van der Waals surface area contributed by atoms with Gasteiger partial charge < -0.3 is 10.2 Å². The zero-order valence-electron chi connectivity index (χ0n) is 20.0. The molecule has 1 N–H and O–H groups in total. The normalized spacial score (nSPS) is 18.3. The molecule has 2 fully saturated rings. The van der Waals surface area contributed by atoms with E-state index in [0.29, 0.717) is 23.2 Å². The number of nitrogens with one attached hydrogen (secondary N) is 1. The average Bonchev–Trinajstić information content (AvgIpc) is 2.86. The van der Waals surface area contributed by atoms with E-state index in [1.807, 2.05) is 12.1 Å². The molecule has 2 aliphatic rings. The Morgan fingerprint density at radius 1 is 1.09 bits per heavy atom. The lowest BCUT2D eigenvalue weighted by Crippen LogP contribution is -2.53. The minimum Gasteiger partial charge on any atom is -0.353 e. The van der Waals surface area contributed by atoms with Crippen molar-refractivity contribution in [3.63, 3.8) is 0 Å². The highest BCUT2D eigenvalue weighted by molar-refractivity contribution is 6.33. The monoisotopic (exact) mass is 505 g/mol. The van der Waals surface area contributed by atoms with E-state index in [1.165, 1.54) is 18.4 Å². The Morgan fingerprint density at radius 3 is 2.44 bits per heavy atom. The third kappa shape index (κ3) is 6.63. The molecule has 0 bridgehead atoms. The van der Waals surface area contributed by atoms with Crippen LogP contribution in [0.4, 0.5) is 5.82 Å². The smallest absolute Gasteiger partial charge is 0.252 e. The number of nitrogens with zero attached hydrogens (tertiary/aromatic N) is 4. The number of rotatable bonds is 8. The lowest BCUT2D eigenvalue weighted by atomic mass is 10.0. The molecule has 2 aromatic rings. The number of piperidine rings is 1. The zero-order valence-corrected chi connectivity index (χ0v) is 21.5. The van der Waals surface area contributed by atoms with E-state index in [4.69, 9.17) is 23.2 Å². The second-order valence-corrected chi connectivity index (χ2v) is 10.1. The average molecular weight is 507 g/mol. The number of anilines is 1. The predicted molar refractivity (Wildman–Crippen MR) is 142 cm³/mol. The zero-order chi connectivity index (χ0) is 23.9. The Bertz CT molecular complexity index is 945. The van der Waals surface area contributed by atoms with Gasteiger partial charge in [-0.3, -0.25) is 14.6 Å². The van der Waals surface area contributed by atoms with E-state index in [1.54, 1.807) is 12.3 Å². The summed E-state index contributed by atoms with van der Waals surface area (Å²) in [5.74, 6) is 0.672. The number of pyridine rings is 1. The van der Waals surface area contributed by atoms with Crippen LogP contribution in [0.1, 0.15) is 50.0 Å². The lowest BCUT2D eigenvalue weighted by Gasteiger charge is -2.43. The van der Waals surface area contributed by atoms with Crippen molar-refractivity contribution in [2.75, 3.05) is 50.7 Å². The second kappa shape index (κ2) is 12.2. The number of amides is 1. The van der Waals surface area contributed by atoms with Gasteiger partial charge >= 0.3 is 0 Å². The Labute approximate surface area is 214 Å². The van der Waals surface area contributed by atoms with Crippen molar-refractivity contribution in [2.24, 2.45) is 0 Å². The topological polar surface area (TPSA) is 51.7 Å². The summed E-state index contributed by atoms with van der Waals surface area (Å²) in [6.07, 6.45) is 6.07. The molecule has 4 rings (SSSR count). The second-order valence-electron chi connectivity index (χ2n) is 9.30. The molecular formula is C26H37Cl2N5O. The molecular weight excluding hydrogens is 469 g/mol. The Morgan fingerprint density at radius 2 is 1.79 bits per heavy atom. The fraction of sp³-hybridized carbons (Fsp3) is 0.538. The number of hydrogen-bond donors (Lipinski definition) is 1. The van der Waals surface area contributed by atoms with Gasteiger partial charge in [-0.2, -0.15) is 0 Å². The summed E-state index contributed by atoms with van der Waals surface area (Å²) in [6.45, 7) is 9.86. The van der Waals surface area contributed by atoms with Crippen LogP contribution in [0, 0.1) is 0 Å². The van der Waals surface area contributed by atoms with E-state index < -0.39 is 0 Å². The van der Waals surface area contributed by atoms with Crippen molar-refractivity contribution in [1.29, 1.82) is 0 Å². The molecule has 186 valence electrons. The molecule has 2 aliphatic heterocycles. The van der Waals surface area contributed by atoms with E-state index in [9.17, 15) is 4.79 Å². The number of piperazine rings is 1. The number of carbonyl (C=O) groups excluding carboxylic acids is 1.